The van der Waals surface area contributed by atoms with Crippen LogP contribution in [0.1, 0.15) is 73.4 Å². The zero-order valence-electron chi connectivity index (χ0n) is 25.4. The number of nitrogen functional groups attached to an aromatic ring is 1. The summed E-state index contributed by atoms with van der Waals surface area (Å²) in [6, 6.07) is 16.0. The number of hydrogen-bond donors (Lipinski definition) is 1. The van der Waals surface area contributed by atoms with Crippen molar-refractivity contribution in [1.82, 2.24) is 9.88 Å². The van der Waals surface area contributed by atoms with Gasteiger partial charge in [-0.25, -0.2) is 9.78 Å². The number of halogens is 1. The van der Waals surface area contributed by atoms with Gasteiger partial charge in [0.1, 0.15) is 22.9 Å². The lowest BCUT2D eigenvalue weighted by molar-refractivity contribution is 0.0598. The molecule has 1 saturated carbocycles. The van der Waals surface area contributed by atoms with E-state index in [9.17, 15) is 4.79 Å². The molecule has 3 aromatic rings. The molecule has 1 aromatic heterocycles. The lowest BCUT2D eigenvalue weighted by atomic mass is 9.72. The van der Waals surface area contributed by atoms with Crippen LogP contribution in [0.15, 0.2) is 60.3 Å². The van der Waals surface area contributed by atoms with Crippen LogP contribution in [0.4, 0.5) is 11.5 Å². The Bertz CT molecular complexity index is 1520. The number of hydrogen-bond acceptors (Lipinski definition) is 7. The van der Waals surface area contributed by atoms with E-state index >= 15 is 0 Å². The third-order valence-corrected chi connectivity index (χ3v) is 9.32. The first-order valence-electron chi connectivity index (χ1n) is 15.3. The molecule has 226 valence electrons. The predicted molar refractivity (Wildman–Crippen MR) is 173 cm³/mol. The third kappa shape index (κ3) is 6.84. The highest BCUT2D eigenvalue weighted by Gasteiger charge is 2.30. The molecule has 3 aliphatic rings. The minimum atomic E-state index is -0.433. The van der Waals surface area contributed by atoms with Crippen molar-refractivity contribution in [3.63, 3.8) is 0 Å². The van der Waals surface area contributed by atoms with Gasteiger partial charge in [0.25, 0.3) is 0 Å². The highest BCUT2D eigenvalue weighted by Crippen LogP contribution is 2.45. The van der Waals surface area contributed by atoms with Gasteiger partial charge in [-0.2, -0.15) is 0 Å². The molecule has 0 atom stereocenters. The van der Waals surface area contributed by atoms with Crippen LogP contribution in [-0.4, -0.2) is 55.7 Å². The SMILES string of the molecule is COC(=O)c1ccc(N2CCN(CC3=C(c4ccc(Cl)cc4)CC(C)(C)CC3)CC2)cc1Oc1cnc(N)c(C2CC2)c1. The second-order valence-electron chi connectivity index (χ2n) is 12.9. The van der Waals surface area contributed by atoms with Crippen molar-refractivity contribution in [1.29, 1.82) is 0 Å². The van der Waals surface area contributed by atoms with Crippen molar-refractivity contribution in [3.05, 3.63) is 82.0 Å². The number of piperazine rings is 1. The Hall–Kier alpha value is -3.55. The van der Waals surface area contributed by atoms with Crippen LogP contribution in [0, 0.1) is 5.41 Å². The van der Waals surface area contributed by atoms with Crippen molar-refractivity contribution in [2.45, 2.75) is 51.9 Å². The first-order chi connectivity index (χ1) is 20.7. The van der Waals surface area contributed by atoms with Gasteiger partial charge in [-0.15, -0.1) is 0 Å². The van der Waals surface area contributed by atoms with E-state index in [0.717, 1.165) is 74.7 Å². The molecular formula is C35H41ClN4O3. The smallest absolute Gasteiger partial charge is 0.341 e. The second-order valence-corrected chi connectivity index (χ2v) is 13.3. The number of carbonyl (C=O) groups is 1. The van der Waals surface area contributed by atoms with E-state index in [-0.39, 0.29) is 0 Å². The zero-order valence-corrected chi connectivity index (χ0v) is 26.1. The predicted octanol–water partition coefficient (Wildman–Crippen LogP) is 7.56. The van der Waals surface area contributed by atoms with E-state index in [0.29, 0.717) is 34.2 Å². The van der Waals surface area contributed by atoms with Crippen LogP contribution in [0.3, 0.4) is 0 Å². The molecule has 8 heteroatoms. The monoisotopic (exact) mass is 600 g/mol. The lowest BCUT2D eigenvalue weighted by Gasteiger charge is -2.39. The summed E-state index contributed by atoms with van der Waals surface area (Å²) in [4.78, 5) is 21.9. The molecule has 0 spiro atoms. The lowest BCUT2D eigenvalue weighted by Crippen LogP contribution is -2.47. The number of allylic oxidation sites excluding steroid dienone is 1. The summed E-state index contributed by atoms with van der Waals surface area (Å²) in [5.74, 6) is 1.59. The summed E-state index contributed by atoms with van der Waals surface area (Å²) in [5.41, 5.74) is 13.2. The van der Waals surface area contributed by atoms with Gasteiger partial charge in [0.15, 0.2) is 0 Å². The molecule has 43 heavy (non-hydrogen) atoms. The molecule has 0 radical (unpaired) electrons. The summed E-state index contributed by atoms with van der Waals surface area (Å²) in [6.45, 7) is 9.44. The molecule has 7 nitrogen and oxygen atoms in total. The molecule has 2 fully saturated rings. The highest BCUT2D eigenvalue weighted by molar-refractivity contribution is 6.30. The summed E-state index contributed by atoms with van der Waals surface area (Å²) < 4.78 is 11.3. The van der Waals surface area contributed by atoms with Crippen LogP contribution >= 0.6 is 11.6 Å². The van der Waals surface area contributed by atoms with E-state index in [1.807, 2.05) is 30.3 Å². The van der Waals surface area contributed by atoms with Gasteiger partial charge in [-0.05, 0) is 84.9 Å². The number of methoxy groups -OCH3 is 1. The molecular weight excluding hydrogens is 560 g/mol. The maximum Gasteiger partial charge on any atom is 0.341 e. The van der Waals surface area contributed by atoms with Crippen LogP contribution in [0.25, 0.3) is 5.57 Å². The first kappa shape index (κ1) is 29.5. The number of benzene rings is 2. The first-order valence-corrected chi connectivity index (χ1v) is 15.7. The van der Waals surface area contributed by atoms with Crippen molar-refractivity contribution < 1.29 is 14.3 Å². The molecule has 2 aliphatic carbocycles. The number of aromatic nitrogens is 1. The Morgan fingerprint density at radius 2 is 1.81 bits per heavy atom. The number of ether oxygens (including phenoxy) is 2. The van der Waals surface area contributed by atoms with Gasteiger partial charge in [0.05, 0.1) is 13.3 Å². The molecule has 1 aliphatic heterocycles. The molecule has 6 rings (SSSR count). The van der Waals surface area contributed by atoms with E-state index in [4.69, 9.17) is 26.8 Å². The minimum Gasteiger partial charge on any atom is -0.465 e. The Morgan fingerprint density at radius 3 is 2.51 bits per heavy atom. The fourth-order valence-electron chi connectivity index (χ4n) is 6.34. The van der Waals surface area contributed by atoms with Crippen molar-refractivity contribution >= 4 is 34.6 Å². The summed E-state index contributed by atoms with van der Waals surface area (Å²) in [5, 5.41) is 0.776. The summed E-state index contributed by atoms with van der Waals surface area (Å²) >= 11 is 6.20. The molecule has 2 heterocycles. The van der Waals surface area contributed by atoms with Gasteiger partial charge in [0.2, 0.25) is 0 Å². The molecule has 2 N–H and O–H groups in total. The third-order valence-electron chi connectivity index (χ3n) is 9.07. The van der Waals surface area contributed by atoms with Crippen molar-refractivity contribution in [2.75, 3.05) is 50.5 Å². The zero-order chi connectivity index (χ0) is 30.1. The highest BCUT2D eigenvalue weighted by atomic mass is 35.5. The van der Waals surface area contributed by atoms with E-state index in [2.05, 4.69) is 40.8 Å². The van der Waals surface area contributed by atoms with Crippen LogP contribution in [0.2, 0.25) is 5.02 Å². The Morgan fingerprint density at radius 1 is 1.07 bits per heavy atom. The molecule has 1 saturated heterocycles. The minimum absolute atomic E-state index is 0.301. The Kier molecular flexibility index (Phi) is 8.38. The molecule has 0 bridgehead atoms. The second kappa shape index (κ2) is 12.2. The number of esters is 1. The number of anilines is 2. The van der Waals surface area contributed by atoms with Gasteiger partial charge in [0, 0.05) is 55.1 Å². The normalized spacial score (nSPS) is 18.9. The molecule has 0 unspecified atom stereocenters. The van der Waals surface area contributed by atoms with Crippen LogP contribution in [0.5, 0.6) is 11.5 Å². The van der Waals surface area contributed by atoms with Gasteiger partial charge < -0.3 is 20.1 Å². The maximum absolute atomic E-state index is 12.6. The summed E-state index contributed by atoms with van der Waals surface area (Å²) in [7, 11) is 1.39. The topological polar surface area (TPSA) is 80.9 Å². The summed E-state index contributed by atoms with van der Waals surface area (Å²) in [6.07, 6.45) is 7.27. The van der Waals surface area contributed by atoms with Crippen molar-refractivity contribution in [3.8, 4) is 11.5 Å². The largest absolute Gasteiger partial charge is 0.465 e. The van der Waals surface area contributed by atoms with E-state index < -0.39 is 5.97 Å². The Balaban J connectivity index is 1.17. The number of carbonyl (C=O) groups excluding carboxylic acids is 1. The standard InChI is InChI=1S/C35H41ClN4O3/c1-35(2)13-12-25(31(20-35)24-6-8-26(36)9-7-24)22-39-14-16-40(17-15-39)27-10-11-29(34(41)42-3)32(18-27)43-28-19-30(23-4-5-23)33(37)38-21-28/h6-11,18-19,21,23H,4-5,12-17,20,22H2,1-3H3,(H2,37,38). The number of pyridine rings is 1. The molecule has 2 aromatic carbocycles. The van der Waals surface area contributed by atoms with Gasteiger partial charge >= 0.3 is 5.97 Å². The number of nitrogens with two attached hydrogens (primary N) is 1. The Labute approximate surface area is 259 Å². The van der Waals surface area contributed by atoms with Gasteiger partial charge in [-0.3, -0.25) is 4.90 Å². The average Bonchev–Trinajstić information content (AvgIpc) is 3.85. The fraction of sp³-hybridized carbons (Fsp3) is 0.429. The average molecular weight is 601 g/mol. The van der Waals surface area contributed by atoms with Gasteiger partial charge in [-0.1, -0.05) is 43.2 Å². The van der Waals surface area contributed by atoms with Crippen LogP contribution < -0.4 is 15.4 Å². The van der Waals surface area contributed by atoms with E-state index in [1.54, 1.807) is 17.8 Å². The number of rotatable bonds is 8. The quantitative estimate of drug-likeness (QED) is 0.267. The fourth-order valence-corrected chi connectivity index (χ4v) is 6.47. The molecule has 0 amide bonds. The number of nitrogens with zero attached hydrogens (tertiary/aromatic N) is 3. The van der Waals surface area contributed by atoms with Crippen LogP contribution in [-0.2, 0) is 4.74 Å². The maximum atomic E-state index is 12.6. The van der Waals surface area contributed by atoms with E-state index in [1.165, 1.54) is 24.7 Å². The van der Waals surface area contributed by atoms with Crippen molar-refractivity contribution in [2.24, 2.45) is 5.41 Å².